The summed E-state index contributed by atoms with van der Waals surface area (Å²) in [7, 11) is 0. The summed E-state index contributed by atoms with van der Waals surface area (Å²) < 4.78 is 0. The maximum absolute atomic E-state index is 13.4. The quantitative estimate of drug-likeness (QED) is 0.687. The Morgan fingerprint density at radius 1 is 1.00 bits per heavy atom. The van der Waals surface area contributed by atoms with Crippen molar-refractivity contribution in [1.29, 1.82) is 0 Å². The molecule has 1 aliphatic heterocycles. The summed E-state index contributed by atoms with van der Waals surface area (Å²) in [4.78, 5) is 33.7. The maximum Gasteiger partial charge on any atom is 0.257 e. The first kappa shape index (κ1) is 19.0. The number of aromatic nitrogens is 1. The lowest BCUT2D eigenvalue weighted by atomic mass is 9.89. The fourth-order valence-corrected chi connectivity index (χ4v) is 5.44. The molecule has 5 rings (SSSR count). The van der Waals surface area contributed by atoms with Crippen LogP contribution in [-0.2, 0) is 24.2 Å². The summed E-state index contributed by atoms with van der Waals surface area (Å²) in [6, 6.07) is 17.5. The van der Waals surface area contributed by atoms with Crippen molar-refractivity contribution in [1.82, 2.24) is 9.88 Å². The van der Waals surface area contributed by atoms with Crippen molar-refractivity contribution in [2.75, 3.05) is 11.9 Å². The van der Waals surface area contributed by atoms with E-state index in [2.05, 4.69) is 23.5 Å². The molecule has 0 fully saturated rings. The molecule has 0 bridgehead atoms. The molecule has 3 aromatic rings. The van der Waals surface area contributed by atoms with E-state index in [0.717, 1.165) is 42.8 Å². The molecule has 0 spiro atoms. The number of hydrogen-bond donors (Lipinski definition) is 1. The summed E-state index contributed by atoms with van der Waals surface area (Å²) in [5.41, 5.74) is 4.04. The van der Waals surface area contributed by atoms with Crippen LogP contribution < -0.4 is 5.32 Å². The molecule has 2 amide bonds. The number of anilines is 1. The van der Waals surface area contributed by atoms with E-state index in [-0.39, 0.29) is 17.7 Å². The highest BCUT2D eigenvalue weighted by Gasteiger charge is 2.34. The zero-order chi connectivity index (χ0) is 20.5. The molecule has 5 nitrogen and oxygen atoms in total. The predicted octanol–water partition coefficient (Wildman–Crippen LogP) is 4.40. The van der Waals surface area contributed by atoms with Crippen LogP contribution in [0.25, 0.3) is 0 Å². The van der Waals surface area contributed by atoms with Gasteiger partial charge >= 0.3 is 0 Å². The van der Waals surface area contributed by atoms with E-state index in [1.54, 1.807) is 12.1 Å². The zero-order valence-electron chi connectivity index (χ0n) is 16.6. The Bertz CT molecular complexity index is 1090. The number of nitrogens with one attached hydrogen (secondary N) is 1. The molecule has 0 radical (unpaired) electrons. The average Bonchev–Trinajstić information content (AvgIpc) is 3.21. The van der Waals surface area contributed by atoms with Crippen LogP contribution in [0.2, 0.25) is 0 Å². The fourth-order valence-electron chi connectivity index (χ4n) is 4.38. The predicted molar refractivity (Wildman–Crippen MR) is 118 cm³/mol. The van der Waals surface area contributed by atoms with E-state index in [1.165, 1.54) is 22.5 Å². The first-order chi connectivity index (χ1) is 14.7. The van der Waals surface area contributed by atoms with Crippen LogP contribution in [0.3, 0.4) is 0 Å². The third-order valence-electron chi connectivity index (χ3n) is 5.95. The van der Waals surface area contributed by atoms with E-state index >= 15 is 0 Å². The van der Waals surface area contributed by atoms with Gasteiger partial charge in [-0.1, -0.05) is 42.5 Å². The molecular weight excluding hydrogens is 394 g/mol. The van der Waals surface area contributed by atoms with Crippen molar-refractivity contribution in [3.63, 3.8) is 0 Å². The molecule has 1 aliphatic carbocycles. The number of fused-ring (bicyclic) bond motifs is 2. The third-order valence-corrected chi connectivity index (χ3v) is 7.00. The largest absolute Gasteiger partial charge is 0.337 e. The third kappa shape index (κ3) is 3.63. The van der Waals surface area contributed by atoms with Crippen molar-refractivity contribution in [2.24, 2.45) is 0 Å². The number of rotatable bonds is 3. The van der Waals surface area contributed by atoms with Crippen molar-refractivity contribution in [3.05, 3.63) is 81.9 Å². The summed E-state index contributed by atoms with van der Waals surface area (Å²) in [6.07, 6.45) is 3.61. The van der Waals surface area contributed by atoms with Crippen LogP contribution in [0, 0.1) is 0 Å². The van der Waals surface area contributed by atoms with Gasteiger partial charge in [0.2, 0.25) is 5.91 Å². The number of carbonyl (C=O) groups excluding carboxylic acids is 2. The van der Waals surface area contributed by atoms with Gasteiger partial charge in [0.15, 0.2) is 5.13 Å². The van der Waals surface area contributed by atoms with Crippen LogP contribution in [0.1, 0.15) is 50.8 Å². The average molecular weight is 418 g/mol. The van der Waals surface area contributed by atoms with Crippen LogP contribution in [0.15, 0.2) is 54.6 Å². The van der Waals surface area contributed by atoms with Crippen LogP contribution >= 0.6 is 11.3 Å². The molecule has 1 aromatic heterocycles. The first-order valence-electron chi connectivity index (χ1n) is 10.4. The number of benzene rings is 2. The Hall–Kier alpha value is -2.99. The highest BCUT2D eigenvalue weighted by atomic mass is 32.1. The van der Waals surface area contributed by atoms with Gasteiger partial charge in [0.05, 0.1) is 11.6 Å². The van der Waals surface area contributed by atoms with Crippen molar-refractivity contribution in [2.45, 2.75) is 38.1 Å². The topological polar surface area (TPSA) is 62.3 Å². The number of aryl methyl sites for hydroxylation is 1. The number of thiazole rings is 1. The molecule has 2 aromatic carbocycles. The van der Waals surface area contributed by atoms with Gasteiger partial charge in [0, 0.05) is 23.5 Å². The molecule has 1 unspecified atom stereocenters. The Morgan fingerprint density at radius 3 is 2.60 bits per heavy atom. The van der Waals surface area contributed by atoms with Gasteiger partial charge in [0.1, 0.15) is 0 Å². The minimum Gasteiger partial charge on any atom is -0.337 e. The van der Waals surface area contributed by atoms with E-state index in [0.29, 0.717) is 17.2 Å². The van der Waals surface area contributed by atoms with Crippen LogP contribution in [0.5, 0.6) is 0 Å². The van der Waals surface area contributed by atoms with Crippen LogP contribution in [-0.4, -0.2) is 28.2 Å². The molecule has 2 aliphatic rings. The van der Waals surface area contributed by atoms with Crippen molar-refractivity contribution >= 4 is 28.3 Å². The second-order valence-corrected chi connectivity index (χ2v) is 8.95. The fraction of sp³-hybridized carbons (Fsp3) is 0.292. The Morgan fingerprint density at radius 2 is 1.77 bits per heavy atom. The van der Waals surface area contributed by atoms with Crippen LogP contribution in [0.4, 0.5) is 5.13 Å². The molecule has 1 atom stereocenters. The van der Waals surface area contributed by atoms with Crippen molar-refractivity contribution in [3.8, 4) is 0 Å². The maximum atomic E-state index is 13.4. The van der Waals surface area contributed by atoms with Gasteiger partial charge in [-0.2, -0.15) is 0 Å². The summed E-state index contributed by atoms with van der Waals surface area (Å²) in [5.74, 6) is -0.216. The SMILES string of the molecule is O=C(Nc1nc2c(s1)CCCC2C(=O)N1CCc2ccccc2C1)c1ccccc1. The molecule has 6 heteroatoms. The van der Waals surface area contributed by atoms with Crippen molar-refractivity contribution < 1.29 is 9.59 Å². The number of nitrogens with zero attached hydrogens (tertiary/aromatic N) is 2. The minimum absolute atomic E-state index is 0.164. The van der Waals surface area contributed by atoms with Gasteiger partial charge in [-0.25, -0.2) is 4.98 Å². The minimum atomic E-state index is -0.211. The molecular formula is C24H23N3O2S. The Balaban J connectivity index is 1.34. The standard InChI is InChI=1S/C24H23N3O2S/c28-22(17-8-2-1-3-9-17)26-24-25-21-19(11-6-12-20(21)30-24)23(29)27-14-13-16-7-4-5-10-18(16)15-27/h1-5,7-10,19H,6,11-15H2,(H,25,26,28). The van der Waals surface area contributed by atoms with E-state index in [9.17, 15) is 9.59 Å². The molecule has 152 valence electrons. The molecule has 1 N–H and O–H groups in total. The second kappa shape index (κ2) is 8.03. The number of hydrogen-bond acceptors (Lipinski definition) is 4. The zero-order valence-corrected chi connectivity index (χ0v) is 17.5. The summed E-state index contributed by atoms with van der Waals surface area (Å²) >= 11 is 1.50. The summed E-state index contributed by atoms with van der Waals surface area (Å²) in [5, 5.41) is 3.49. The lowest BCUT2D eigenvalue weighted by Crippen LogP contribution is -2.39. The van der Waals surface area contributed by atoms with E-state index < -0.39 is 0 Å². The van der Waals surface area contributed by atoms with Gasteiger partial charge in [-0.05, 0) is 48.9 Å². The first-order valence-corrected chi connectivity index (χ1v) is 11.2. The van der Waals surface area contributed by atoms with E-state index in [4.69, 9.17) is 4.98 Å². The normalized spacial score (nSPS) is 17.7. The monoisotopic (exact) mass is 417 g/mol. The molecule has 0 saturated carbocycles. The van der Waals surface area contributed by atoms with E-state index in [1.807, 2.05) is 29.2 Å². The van der Waals surface area contributed by atoms with Gasteiger partial charge in [-0.15, -0.1) is 11.3 Å². The lowest BCUT2D eigenvalue weighted by molar-refractivity contribution is -0.134. The number of amides is 2. The molecule has 0 saturated heterocycles. The lowest BCUT2D eigenvalue weighted by Gasteiger charge is -2.32. The molecule has 30 heavy (non-hydrogen) atoms. The summed E-state index contributed by atoms with van der Waals surface area (Å²) in [6.45, 7) is 1.42. The smallest absolute Gasteiger partial charge is 0.257 e. The van der Waals surface area contributed by atoms with Gasteiger partial charge < -0.3 is 4.90 Å². The molecule has 2 heterocycles. The number of carbonyl (C=O) groups is 2. The Labute approximate surface area is 179 Å². The van der Waals surface area contributed by atoms with Gasteiger partial charge in [-0.3, -0.25) is 14.9 Å². The highest BCUT2D eigenvalue weighted by molar-refractivity contribution is 7.16. The second-order valence-electron chi connectivity index (χ2n) is 7.87. The highest BCUT2D eigenvalue weighted by Crippen LogP contribution is 2.38. The Kier molecular flexibility index (Phi) is 5.09. The van der Waals surface area contributed by atoms with Gasteiger partial charge in [0.25, 0.3) is 5.91 Å².